The molecule has 0 aliphatic heterocycles. The maximum absolute atomic E-state index is 11.8. The van der Waals surface area contributed by atoms with Gasteiger partial charge >= 0.3 is 0 Å². The minimum Gasteiger partial charge on any atom is -0.364 e. The van der Waals surface area contributed by atoms with Crippen molar-refractivity contribution in [1.29, 1.82) is 0 Å². The number of hydrogen-bond donors (Lipinski definition) is 2. The number of amides is 1. The normalized spacial score (nSPS) is 9.40. The molecule has 2 aromatic heterocycles. The number of nitrogens with one attached hydrogen (secondary N) is 2. The summed E-state index contributed by atoms with van der Waals surface area (Å²) >= 11 is 13.4. The predicted octanol–water partition coefficient (Wildman–Crippen LogP) is 6.28. The molecule has 0 aliphatic rings. The van der Waals surface area contributed by atoms with Gasteiger partial charge in [0.05, 0.1) is 24.4 Å². The highest BCUT2D eigenvalue weighted by atomic mass is 127. The van der Waals surface area contributed by atoms with Gasteiger partial charge in [-0.3, -0.25) is 14.8 Å². The van der Waals surface area contributed by atoms with Gasteiger partial charge in [0.2, 0.25) is 11.4 Å². The zero-order valence-electron chi connectivity index (χ0n) is 15.4. The molecule has 0 spiro atoms. The molecule has 7 nitrogen and oxygen atoms in total. The first-order valence-electron chi connectivity index (χ1n) is 8.19. The van der Waals surface area contributed by atoms with Crippen LogP contribution in [0.4, 0.5) is 22.7 Å². The Bertz CT molecular complexity index is 1160. The average molecular weight is 551 g/mol. The van der Waals surface area contributed by atoms with E-state index in [1.54, 1.807) is 43.4 Å². The van der Waals surface area contributed by atoms with E-state index in [9.17, 15) is 4.79 Å². The fourth-order valence-corrected chi connectivity index (χ4v) is 3.22. The van der Waals surface area contributed by atoms with Gasteiger partial charge in [0, 0.05) is 28.7 Å². The van der Waals surface area contributed by atoms with E-state index in [0.29, 0.717) is 33.5 Å². The molecule has 30 heavy (non-hydrogen) atoms. The minimum atomic E-state index is -0.211. The molecule has 150 valence electrons. The van der Waals surface area contributed by atoms with Crippen LogP contribution in [0.1, 0.15) is 10.4 Å². The lowest BCUT2D eigenvalue weighted by Crippen LogP contribution is -2.19. The molecule has 1 aromatic carbocycles. The third-order valence-electron chi connectivity index (χ3n) is 3.56. The topological polar surface area (TPSA) is 75.6 Å². The van der Waals surface area contributed by atoms with E-state index in [1.807, 2.05) is 22.6 Å². The first kappa shape index (κ1) is 23.4. The van der Waals surface area contributed by atoms with Crippen LogP contribution < -0.4 is 10.6 Å². The van der Waals surface area contributed by atoms with Crippen LogP contribution in [0, 0.1) is 16.7 Å². The number of rotatable bonds is 3. The molecule has 0 atom stereocenters. The monoisotopic (exact) mass is 550 g/mol. The van der Waals surface area contributed by atoms with E-state index >= 15 is 0 Å². The van der Waals surface area contributed by atoms with Crippen LogP contribution in [0.15, 0.2) is 48.8 Å². The SMILES string of the molecule is [C-]#[N+]c1cnc(Cl)cc1I.[C-]#[N+]c1cnc(Cl)cc1Nc1ccccc1C(=O)NC. The maximum Gasteiger partial charge on any atom is 0.253 e. The molecular formula is C20H13Cl2IN6O. The average Bonchev–Trinajstić information content (AvgIpc) is 2.74. The van der Waals surface area contributed by atoms with E-state index < -0.39 is 0 Å². The molecule has 0 radical (unpaired) electrons. The van der Waals surface area contributed by atoms with Crippen LogP contribution in [0.3, 0.4) is 0 Å². The van der Waals surface area contributed by atoms with Gasteiger partial charge in [-0.1, -0.05) is 57.9 Å². The molecule has 2 heterocycles. The largest absolute Gasteiger partial charge is 0.364 e. The van der Waals surface area contributed by atoms with Gasteiger partial charge in [0.1, 0.15) is 10.3 Å². The van der Waals surface area contributed by atoms with Gasteiger partial charge in [-0.05, 0) is 24.3 Å². The summed E-state index contributed by atoms with van der Waals surface area (Å²) in [6.07, 6.45) is 2.86. The lowest BCUT2D eigenvalue weighted by atomic mass is 10.1. The van der Waals surface area contributed by atoms with Gasteiger partial charge in [-0.25, -0.2) is 9.69 Å². The van der Waals surface area contributed by atoms with Crippen molar-refractivity contribution in [1.82, 2.24) is 15.3 Å². The number of hydrogen-bond acceptors (Lipinski definition) is 4. The molecule has 0 saturated carbocycles. The summed E-state index contributed by atoms with van der Waals surface area (Å²) in [5, 5.41) is 6.32. The van der Waals surface area contributed by atoms with Crippen molar-refractivity contribution in [3.63, 3.8) is 0 Å². The molecule has 0 aliphatic carbocycles. The molecule has 0 saturated heterocycles. The van der Waals surface area contributed by atoms with Crippen molar-refractivity contribution < 1.29 is 4.79 Å². The second-order valence-electron chi connectivity index (χ2n) is 5.46. The van der Waals surface area contributed by atoms with Crippen molar-refractivity contribution in [3.8, 4) is 0 Å². The number of aromatic nitrogens is 2. The Kier molecular flexibility index (Phi) is 8.81. The number of nitrogens with zero attached hydrogens (tertiary/aromatic N) is 4. The lowest BCUT2D eigenvalue weighted by molar-refractivity contribution is 0.0964. The van der Waals surface area contributed by atoms with Gasteiger partial charge < -0.3 is 10.6 Å². The molecule has 2 N–H and O–H groups in total. The van der Waals surface area contributed by atoms with E-state index in [4.69, 9.17) is 36.3 Å². The number of carbonyl (C=O) groups is 1. The van der Waals surface area contributed by atoms with Gasteiger partial charge in [0.15, 0.2) is 0 Å². The molecule has 3 rings (SSSR count). The van der Waals surface area contributed by atoms with Crippen molar-refractivity contribution in [3.05, 3.63) is 91.1 Å². The summed E-state index contributed by atoms with van der Waals surface area (Å²) in [6, 6.07) is 10.2. The third kappa shape index (κ3) is 6.29. The van der Waals surface area contributed by atoms with Crippen LogP contribution in [-0.2, 0) is 0 Å². The van der Waals surface area contributed by atoms with Gasteiger partial charge in [-0.2, -0.15) is 0 Å². The smallest absolute Gasteiger partial charge is 0.253 e. The third-order valence-corrected chi connectivity index (χ3v) is 4.84. The second-order valence-corrected chi connectivity index (χ2v) is 7.39. The Labute approximate surface area is 197 Å². The quantitative estimate of drug-likeness (QED) is 0.229. The van der Waals surface area contributed by atoms with Crippen molar-refractivity contribution in [2.24, 2.45) is 0 Å². The van der Waals surface area contributed by atoms with Crippen LogP contribution in [0.5, 0.6) is 0 Å². The summed E-state index contributed by atoms with van der Waals surface area (Å²) in [7, 11) is 1.56. The molecular weight excluding hydrogens is 538 g/mol. The minimum absolute atomic E-state index is 0.211. The number of pyridine rings is 2. The molecule has 0 bridgehead atoms. The van der Waals surface area contributed by atoms with Crippen molar-refractivity contribution in [2.45, 2.75) is 0 Å². The number of anilines is 2. The number of carbonyl (C=O) groups excluding carboxylic acids is 1. The summed E-state index contributed by atoms with van der Waals surface area (Å²) in [4.78, 5) is 26.0. The Morgan fingerprint density at radius 2 is 1.60 bits per heavy atom. The van der Waals surface area contributed by atoms with Crippen molar-refractivity contribution >= 4 is 74.4 Å². The summed E-state index contributed by atoms with van der Waals surface area (Å²) in [5.74, 6) is -0.211. The zero-order valence-corrected chi connectivity index (χ0v) is 19.1. The number of para-hydroxylation sites is 1. The fourth-order valence-electron chi connectivity index (χ4n) is 2.16. The fraction of sp³-hybridized carbons (Fsp3) is 0.0500. The number of benzene rings is 1. The Morgan fingerprint density at radius 1 is 1.00 bits per heavy atom. The van der Waals surface area contributed by atoms with E-state index in [0.717, 1.165) is 3.57 Å². The van der Waals surface area contributed by atoms with Crippen LogP contribution in [-0.4, -0.2) is 22.9 Å². The van der Waals surface area contributed by atoms with Crippen LogP contribution in [0.25, 0.3) is 9.69 Å². The Balaban J connectivity index is 0.000000269. The predicted molar refractivity (Wildman–Crippen MR) is 127 cm³/mol. The molecule has 3 aromatic rings. The number of halogens is 3. The Morgan fingerprint density at radius 3 is 2.20 bits per heavy atom. The molecule has 1 amide bonds. The standard InChI is InChI=1S/C14H11ClN4O.C6H2ClIN2/c1-16-12-8-18-13(15)7-11(12)19-10-6-4-3-5-9(10)14(20)17-2;1-9-5-3-10-6(7)2-4(5)8/h3-8H,2H3,(H,17,20)(H,18,19);2-3H. The van der Waals surface area contributed by atoms with Crippen LogP contribution >= 0.6 is 45.8 Å². The van der Waals surface area contributed by atoms with Gasteiger partial charge in [0.25, 0.3) is 5.91 Å². The summed E-state index contributed by atoms with van der Waals surface area (Å²) in [6.45, 7) is 13.8. The Hall–Kier alpha value is -2.92. The maximum atomic E-state index is 11.8. The van der Waals surface area contributed by atoms with E-state index in [-0.39, 0.29) is 11.1 Å². The highest BCUT2D eigenvalue weighted by molar-refractivity contribution is 14.1. The zero-order chi connectivity index (χ0) is 22.1. The first-order valence-corrected chi connectivity index (χ1v) is 10.0. The van der Waals surface area contributed by atoms with E-state index in [2.05, 4.69) is 30.3 Å². The summed E-state index contributed by atoms with van der Waals surface area (Å²) in [5.41, 5.74) is 2.47. The van der Waals surface area contributed by atoms with Crippen molar-refractivity contribution in [2.75, 3.05) is 12.4 Å². The van der Waals surface area contributed by atoms with Crippen LogP contribution in [0.2, 0.25) is 10.3 Å². The summed E-state index contributed by atoms with van der Waals surface area (Å²) < 4.78 is 0.840. The molecule has 0 unspecified atom stereocenters. The highest BCUT2D eigenvalue weighted by Crippen LogP contribution is 2.30. The molecule has 0 fully saturated rings. The molecule has 10 heteroatoms. The van der Waals surface area contributed by atoms with E-state index in [1.165, 1.54) is 12.4 Å². The lowest BCUT2D eigenvalue weighted by Gasteiger charge is -2.12. The second kappa shape index (κ2) is 11.3. The first-order chi connectivity index (χ1) is 14.4. The highest BCUT2D eigenvalue weighted by Gasteiger charge is 2.11. The van der Waals surface area contributed by atoms with Gasteiger partial charge in [-0.15, -0.1) is 0 Å².